The van der Waals surface area contributed by atoms with Crippen molar-refractivity contribution in [1.29, 1.82) is 0 Å². The molecule has 0 aromatic carbocycles. The average molecular weight is 285 g/mol. The number of nitrogens with one attached hydrogen (secondary N) is 2. The number of hydrogen-bond acceptors (Lipinski definition) is 4. The van der Waals surface area contributed by atoms with Gasteiger partial charge in [-0.15, -0.1) is 0 Å². The molecule has 0 aliphatic carbocycles. The van der Waals surface area contributed by atoms with E-state index in [2.05, 4.69) is 15.0 Å². The maximum atomic E-state index is 11.7. The Balaban J connectivity index is 2.20. The van der Waals surface area contributed by atoms with E-state index in [1.165, 1.54) is 0 Å². The molecule has 0 saturated heterocycles. The molecule has 0 fully saturated rings. The van der Waals surface area contributed by atoms with Crippen LogP contribution in [-0.2, 0) is 16.4 Å². The average Bonchev–Trinajstić information content (AvgIpc) is 2.36. The molecule has 0 aliphatic heterocycles. The minimum atomic E-state index is -3.16. The van der Waals surface area contributed by atoms with E-state index in [0.29, 0.717) is 25.4 Å². The largest absolute Gasteiger partial charge is 0.314 e. The van der Waals surface area contributed by atoms with Crippen LogP contribution in [0.2, 0.25) is 0 Å². The lowest BCUT2D eigenvalue weighted by Crippen LogP contribution is -2.31. The highest BCUT2D eigenvalue weighted by Crippen LogP contribution is 1.97. The molecule has 0 saturated carbocycles. The summed E-state index contributed by atoms with van der Waals surface area (Å²) >= 11 is 0. The summed E-state index contributed by atoms with van der Waals surface area (Å²) in [4.78, 5) is 3.99. The number of pyridine rings is 1. The van der Waals surface area contributed by atoms with Gasteiger partial charge < -0.3 is 5.32 Å². The molecule has 5 nitrogen and oxygen atoms in total. The van der Waals surface area contributed by atoms with Crippen LogP contribution in [0.15, 0.2) is 24.5 Å². The molecule has 1 aromatic rings. The first-order chi connectivity index (χ1) is 8.99. The summed E-state index contributed by atoms with van der Waals surface area (Å²) < 4.78 is 26.0. The molecular weight excluding hydrogens is 262 g/mol. The van der Waals surface area contributed by atoms with E-state index in [1.807, 2.05) is 26.0 Å². The van der Waals surface area contributed by atoms with Gasteiger partial charge in [-0.3, -0.25) is 4.98 Å². The Kier molecular flexibility index (Phi) is 6.97. The Morgan fingerprint density at radius 2 is 2.11 bits per heavy atom. The van der Waals surface area contributed by atoms with E-state index in [0.717, 1.165) is 12.1 Å². The minimum Gasteiger partial charge on any atom is -0.314 e. The summed E-state index contributed by atoms with van der Waals surface area (Å²) in [7, 11) is -3.16. The predicted octanol–water partition coefficient (Wildman–Crippen LogP) is 0.932. The summed E-state index contributed by atoms with van der Waals surface area (Å²) in [5.41, 5.74) is 1.03. The highest BCUT2D eigenvalue weighted by molar-refractivity contribution is 7.89. The maximum absolute atomic E-state index is 11.7. The van der Waals surface area contributed by atoms with Gasteiger partial charge in [0.1, 0.15) is 0 Å². The number of rotatable bonds is 9. The van der Waals surface area contributed by atoms with Crippen LogP contribution in [0, 0.1) is 0 Å². The van der Waals surface area contributed by atoms with Gasteiger partial charge in [0.05, 0.1) is 5.75 Å². The smallest absolute Gasteiger partial charge is 0.211 e. The third-order valence-electron chi connectivity index (χ3n) is 2.60. The molecule has 0 bridgehead atoms. The predicted molar refractivity (Wildman–Crippen MR) is 77.5 cm³/mol. The standard InChI is InChI=1S/C13H23N3O2S/c1-12(2)15-8-4-10-19(17,18)16-9-6-13-5-3-7-14-11-13/h3,5,7,11-12,15-16H,4,6,8-10H2,1-2H3. The first kappa shape index (κ1) is 16.1. The monoisotopic (exact) mass is 285 g/mol. The van der Waals surface area contributed by atoms with Gasteiger partial charge in [0.25, 0.3) is 0 Å². The lowest BCUT2D eigenvalue weighted by molar-refractivity contribution is 0.561. The van der Waals surface area contributed by atoms with Crippen LogP contribution in [0.3, 0.4) is 0 Å². The van der Waals surface area contributed by atoms with E-state index in [-0.39, 0.29) is 5.75 Å². The molecular formula is C13H23N3O2S. The summed E-state index contributed by atoms with van der Waals surface area (Å²) in [5, 5.41) is 3.20. The minimum absolute atomic E-state index is 0.166. The highest BCUT2D eigenvalue weighted by atomic mass is 32.2. The SMILES string of the molecule is CC(C)NCCCS(=O)(=O)NCCc1cccnc1. The fourth-order valence-electron chi connectivity index (χ4n) is 1.62. The third kappa shape index (κ3) is 7.92. The molecule has 19 heavy (non-hydrogen) atoms. The fourth-order valence-corrected chi connectivity index (χ4v) is 2.70. The zero-order valence-corrected chi connectivity index (χ0v) is 12.4. The first-order valence-corrected chi connectivity index (χ1v) is 8.24. The van der Waals surface area contributed by atoms with Crippen molar-refractivity contribution in [2.75, 3.05) is 18.8 Å². The number of nitrogens with zero attached hydrogens (tertiary/aromatic N) is 1. The van der Waals surface area contributed by atoms with Crippen molar-refractivity contribution in [3.05, 3.63) is 30.1 Å². The summed E-state index contributed by atoms with van der Waals surface area (Å²) in [6.45, 7) is 5.23. The Labute approximate surface area is 115 Å². The molecule has 0 amide bonds. The maximum Gasteiger partial charge on any atom is 0.211 e. The van der Waals surface area contributed by atoms with Crippen molar-refractivity contribution in [3.63, 3.8) is 0 Å². The molecule has 0 aliphatic rings. The number of aromatic nitrogens is 1. The van der Waals surface area contributed by atoms with Gasteiger partial charge >= 0.3 is 0 Å². The van der Waals surface area contributed by atoms with E-state index in [9.17, 15) is 8.42 Å². The Morgan fingerprint density at radius 3 is 2.74 bits per heavy atom. The molecule has 1 rings (SSSR count). The van der Waals surface area contributed by atoms with Crippen molar-refractivity contribution in [2.24, 2.45) is 0 Å². The molecule has 0 spiro atoms. The topological polar surface area (TPSA) is 71.1 Å². The second-order valence-electron chi connectivity index (χ2n) is 4.79. The molecule has 108 valence electrons. The summed E-state index contributed by atoms with van der Waals surface area (Å²) in [6, 6.07) is 4.18. The Hall–Kier alpha value is -0.980. The van der Waals surface area contributed by atoms with Crippen molar-refractivity contribution >= 4 is 10.0 Å². The number of sulfonamides is 1. The van der Waals surface area contributed by atoms with Gasteiger partial charge in [-0.2, -0.15) is 0 Å². The lowest BCUT2D eigenvalue weighted by Gasteiger charge is -2.09. The summed E-state index contributed by atoms with van der Waals surface area (Å²) in [6.07, 6.45) is 4.74. The van der Waals surface area contributed by atoms with Crippen LogP contribution in [0.25, 0.3) is 0 Å². The highest BCUT2D eigenvalue weighted by Gasteiger charge is 2.09. The van der Waals surface area contributed by atoms with Crippen LogP contribution in [-0.4, -0.2) is 38.3 Å². The van der Waals surface area contributed by atoms with Gasteiger partial charge in [0, 0.05) is 25.0 Å². The molecule has 0 radical (unpaired) electrons. The molecule has 0 atom stereocenters. The van der Waals surface area contributed by atoms with E-state index in [4.69, 9.17) is 0 Å². The van der Waals surface area contributed by atoms with Gasteiger partial charge in [-0.25, -0.2) is 13.1 Å². The third-order valence-corrected chi connectivity index (χ3v) is 4.07. The normalized spacial score (nSPS) is 11.9. The second-order valence-corrected chi connectivity index (χ2v) is 6.71. The van der Waals surface area contributed by atoms with Crippen LogP contribution < -0.4 is 10.0 Å². The molecule has 6 heteroatoms. The Bertz CT molecular complexity index is 446. The van der Waals surface area contributed by atoms with Gasteiger partial charge in [0.2, 0.25) is 10.0 Å². The van der Waals surface area contributed by atoms with E-state index < -0.39 is 10.0 Å². The van der Waals surface area contributed by atoms with Crippen LogP contribution >= 0.6 is 0 Å². The lowest BCUT2D eigenvalue weighted by atomic mass is 10.2. The molecule has 0 unspecified atom stereocenters. The van der Waals surface area contributed by atoms with Gasteiger partial charge in [0.15, 0.2) is 0 Å². The van der Waals surface area contributed by atoms with Crippen LogP contribution in [0.5, 0.6) is 0 Å². The van der Waals surface area contributed by atoms with Gasteiger partial charge in [-0.1, -0.05) is 19.9 Å². The zero-order chi connectivity index (χ0) is 14.1. The van der Waals surface area contributed by atoms with E-state index >= 15 is 0 Å². The van der Waals surface area contributed by atoms with Crippen LogP contribution in [0.4, 0.5) is 0 Å². The molecule has 1 aromatic heterocycles. The number of hydrogen-bond donors (Lipinski definition) is 2. The Morgan fingerprint density at radius 1 is 1.32 bits per heavy atom. The van der Waals surface area contributed by atoms with E-state index in [1.54, 1.807) is 12.4 Å². The second kappa shape index (κ2) is 8.24. The zero-order valence-electron chi connectivity index (χ0n) is 11.6. The van der Waals surface area contributed by atoms with Crippen molar-refractivity contribution in [3.8, 4) is 0 Å². The first-order valence-electron chi connectivity index (χ1n) is 6.59. The van der Waals surface area contributed by atoms with Crippen molar-refractivity contribution in [1.82, 2.24) is 15.0 Å². The van der Waals surface area contributed by atoms with Gasteiger partial charge in [-0.05, 0) is 31.0 Å². The molecule has 1 heterocycles. The fraction of sp³-hybridized carbons (Fsp3) is 0.615. The summed E-state index contributed by atoms with van der Waals surface area (Å²) in [5.74, 6) is 0.166. The van der Waals surface area contributed by atoms with Crippen molar-refractivity contribution < 1.29 is 8.42 Å². The molecule has 2 N–H and O–H groups in total. The van der Waals surface area contributed by atoms with Crippen LogP contribution in [0.1, 0.15) is 25.8 Å². The van der Waals surface area contributed by atoms with Crippen molar-refractivity contribution in [2.45, 2.75) is 32.7 Å². The quantitative estimate of drug-likeness (QED) is 0.662.